The van der Waals surface area contributed by atoms with Gasteiger partial charge in [0.15, 0.2) is 0 Å². The Hall–Kier alpha value is -3.45. The van der Waals surface area contributed by atoms with Crippen LogP contribution in [-0.4, -0.2) is 64.4 Å². The number of carbonyl (C=O) groups is 2. The van der Waals surface area contributed by atoms with Gasteiger partial charge in [-0.25, -0.2) is 0 Å². The Morgan fingerprint density at radius 1 is 1.15 bits per heavy atom. The largest absolute Gasteiger partial charge is 0.507 e. The summed E-state index contributed by atoms with van der Waals surface area (Å²) in [5.74, 6) is -0.809. The number of Topliss-reactive ketones (excluding diaryl/α,β-unsaturated/α-hetero) is 1. The van der Waals surface area contributed by atoms with Gasteiger partial charge < -0.3 is 19.6 Å². The normalized spacial score (nSPS) is 17.5. The van der Waals surface area contributed by atoms with Crippen LogP contribution in [0.15, 0.2) is 67.0 Å². The number of ether oxygens (including phenoxy) is 1. The van der Waals surface area contributed by atoms with Gasteiger partial charge in [-0.2, -0.15) is 0 Å². The highest BCUT2D eigenvalue weighted by Crippen LogP contribution is 2.39. The maximum absolute atomic E-state index is 13.1. The van der Waals surface area contributed by atoms with E-state index in [4.69, 9.17) is 4.74 Å². The van der Waals surface area contributed by atoms with E-state index < -0.39 is 17.7 Å². The molecule has 0 saturated carbocycles. The van der Waals surface area contributed by atoms with Crippen molar-refractivity contribution >= 4 is 17.4 Å². The fraction of sp³-hybridized carbons (Fsp3) is 0.346. The average Bonchev–Trinajstić information content (AvgIpc) is 3.10. The highest BCUT2D eigenvalue weighted by molar-refractivity contribution is 6.46. The number of ketones is 1. The van der Waals surface area contributed by atoms with Gasteiger partial charge >= 0.3 is 0 Å². The number of hydrogen-bond donors (Lipinski definition) is 1. The predicted octanol–water partition coefficient (Wildman–Crippen LogP) is 3.80. The Balaban J connectivity index is 1.98. The summed E-state index contributed by atoms with van der Waals surface area (Å²) < 4.78 is 5.56. The first-order chi connectivity index (χ1) is 16.0. The molecule has 1 aliphatic heterocycles. The molecule has 1 amide bonds. The number of nitrogens with zero attached hydrogens (tertiary/aromatic N) is 3. The Labute approximate surface area is 195 Å². The lowest BCUT2D eigenvalue weighted by Gasteiger charge is -2.27. The van der Waals surface area contributed by atoms with Crippen molar-refractivity contribution in [1.29, 1.82) is 0 Å². The number of aliphatic hydroxyl groups excluding tert-OH is 1. The first-order valence-electron chi connectivity index (χ1n) is 11.3. The van der Waals surface area contributed by atoms with E-state index in [1.165, 1.54) is 12.4 Å². The average molecular weight is 450 g/mol. The van der Waals surface area contributed by atoms with Crippen molar-refractivity contribution < 1.29 is 19.4 Å². The second kappa shape index (κ2) is 11.4. The van der Waals surface area contributed by atoms with E-state index in [0.717, 1.165) is 31.6 Å². The standard InChI is InChI=1S/C26H31N3O4/c1-4-18-33-21-10-8-19(9-11-21)23-22(24(30)20-12-14-27-15-13-20)25(31)26(32)29(23)17-7-16-28(5-2)6-3/h4,8-15,23,30H,1,5-7,16-18H2,2-3H3. The molecule has 0 aliphatic carbocycles. The Morgan fingerprint density at radius 3 is 2.42 bits per heavy atom. The molecule has 1 aliphatic rings. The molecule has 1 fully saturated rings. The summed E-state index contributed by atoms with van der Waals surface area (Å²) in [5, 5.41) is 11.0. The SMILES string of the molecule is C=CCOc1ccc(C2C(=C(O)c3ccncc3)C(=O)C(=O)N2CCCN(CC)CC)cc1. The van der Waals surface area contributed by atoms with Gasteiger partial charge in [0.05, 0.1) is 11.6 Å². The van der Waals surface area contributed by atoms with Crippen LogP contribution in [-0.2, 0) is 9.59 Å². The summed E-state index contributed by atoms with van der Waals surface area (Å²) in [6.07, 6.45) is 5.46. The molecule has 33 heavy (non-hydrogen) atoms. The third-order valence-electron chi connectivity index (χ3n) is 5.83. The number of aromatic nitrogens is 1. The van der Waals surface area contributed by atoms with Gasteiger partial charge in [-0.05, 0) is 55.9 Å². The third kappa shape index (κ3) is 5.49. The summed E-state index contributed by atoms with van der Waals surface area (Å²) in [5.41, 5.74) is 1.27. The van der Waals surface area contributed by atoms with Crippen LogP contribution in [0.2, 0.25) is 0 Å². The van der Waals surface area contributed by atoms with Crippen LogP contribution in [0, 0.1) is 0 Å². The maximum Gasteiger partial charge on any atom is 0.295 e. The lowest BCUT2D eigenvalue weighted by molar-refractivity contribution is -0.140. The van der Waals surface area contributed by atoms with Crippen molar-refractivity contribution in [3.63, 3.8) is 0 Å². The zero-order valence-electron chi connectivity index (χ0n) is 19.2. The molecular weight excluding hydrogens is 418 g/mol. The van der Waals surface area contributed by atoms with Crippen LogP contribution in [0.1, 0.15) is 37.4 Å². The number of pyridine rings is 1. The van der Waals surface area contributed by atoms with Crippen molar-refractivity contribution in [2.75, 3.05) is 32.8 Å². The van der Waals surface area contributed by atoms with Gasteiger partial charge in [-0.3, -0.25) is 14.6 Å². The summed E-state index contributed by atoms with van der Waals surface area (Å²) >= 11 is 0. The van der Waals surface area contributed by atoms with E-state index in [-0.39, 0.29) is 11.3 Å². The molecule has 0 radical (unpaired) electrons. The summed E-state index contributed by atoms with van der Waals surface area (Å²) in [6.45, 7) is 11.3. The van der Waals surface area contributed by atoms with Crippen LogP contribution in [0.25, 0.3) is 5.76 Å². The van der Waals surface area contributed by atoms with Gasteiger partial charge in [0.2, 0.25) is 0 Å². The number of rotatable bonds is 11. The number of carbonyl (C=O) groups excluding carboxylic acids is 2. The second-order valence-corrected chi connectivity index (χ2v) is 7.78. The molecule has 0 spiro atoms. The summed E-state index contributed by atoms with van der Waals surface area (Å²) in [6, 6.07) is 9.79. The molecule has 174 valence electrons. The first-order valence-corrected chi connectivity index (χ1v) is 11.3. The van der Waals surface area contributed by atoms with Gasteiger partial charge in [-0.15, -0.1) is 0 Å². The van der Waals surface area contributed by atoms with Crippen molar-refractivity contribution in [1.82, 2.24) is 14.8 Å². The van der Waals surface area contributed by atoms with Crippen LogP contribution in [0.5, 0.6) is 5.75 Å². The van der Waals surface area contributed by atoms with Gasteiger partial charge in [0.1, 0.15) is 18.1 Å². The quantitative estimate of drug-likeness (QED) is 0.243. The number of hydrogen-bond acceptors (Lipinski definition) is 6. The van der Waals surface area contributed by atoms with Crippen molar-refractivity contribution in [2.24, 2.45) is 0 Å². The molecule has 1 N–H and O–H groups in total. The maximum atomic E-state index is 13.1. The van der Waals surface area contributed by atoms with E-state index in [1.54, 1.807) is 35.2 Å². The molecule has 7 heteroatoms. The van der Waals surface area contributed by atoms with Crippen LogP contribution in [0.3, 0.4) is 0 Å². The van der Waals surface area contributed by atoms with Gasteiger partial charge in [-0.1, -0.05) is 38.6 Å². The third-order valence-corrected chi connectivity index (χ3v) is 5.83. The summed E-state index contributed by atoms with van der Waals surface area (Å²) in [4.78, 5) is 33.9. The number of likely N-dealkylation sites (tertiary alicyclic amines) is 1. The van der Waals surface area contributed by atoms with E-state index in [1.807, 2.05) is 12.1 Å². The zero-order valence-corrected chi connectivity index (χ0v) is 19.2. The molecule has 0 bridgehead atoms. The lowest BCUT2D eigenvalue weighted by Crippen LogP contribution is -2.33. The number of amides is 1. The molecular formula is C26H31N3O4. The van der Waals surface area contributed by atoms with E-state index in [2.05, 4.69) is 30.3 Å². The molecule has 2 heterocycles. The molecule has 1 aromatic heterocycles. The van der Waals surface area contributed by atoms with Crippen LogP contribution >= 0.6 is 0 Å². The highest BCUT2D eigenvalue weighted by atomic mass is 16.5. The highest BCUT2D eigenvalue weighted by Gasteiger charge is 2.45. The minimum Gasteiger partial charge on any atom is -0.507 e. The van der Waals surface area contributed by atoms with Gasteiger partial charge in [0.25, 0.3) is 11.7 Å². The monoisotopic (exact) mass is 449 g/mol. The Bertz CT molecular complexity index is 998. The van der Waals surface area contributed by atoms with Crippen LogP contribution < -0.4 is 4.74 Å². The molecule has 1 aromatic carbocycles. The molecule has 7 nitrogen and oxygen atoms in total. The van der Waals surface area contributed by atoms with Crippen molar-refractivity contribution in [2.45, 2.75) is 26.3 Å². The summed E-state index contributed by atoms with van der Waals surface area (Å²) in [7, 11) is 0. The number of aliphatic hydroxyl groups is 1. The van der Waals surface area contributed by atoms with Gasteiger partial charge in [0, 0.05) is 24.5 Å². The van der Waals surface area contributed by atoms with Crippen molar-refractivity contribution in [3.8, 4) is 5.75 Å². The first kappa shape index (κ1) is 24.2. The molecule has 1 unspecified atom stereocenters. The zero-order chi connectivity index (χ0) is 23.8. The van der Waals surface area contributed by atoms with E-state index in [0.29, 0.717) is 24.5 Å². The Morgan fingerprint density at radius 2 is 1.82 bits per heavy atom. The number of benzene rings is 1. The molecule has 1 saturated heterocycles. The topological polar surface area (TPSA) is 83.0 Å². The molecule has 2 aromatic rings. The molecule has 3 rings (SSSR count). The smallest absolute Gasteiger partial charge is 0.295 e. The van der Waals surface area contributed by atoms with Crippen LogP contribution in [0.4, 0.5) is 0 Å². The minimum atomic E-state index is -0.677. The Kier molecular flexibility index (Phi) is 8.38. The van der Waals surface area contributed by atoms with Crippen molar-refractivity contribution in [3.05, 3.63) is 78.1 Å². The van der Waals surface area contributed by atoms with E-state index >= 15 is 0 Å². The minimum absolute atomic E-state index is 0.0915. The van der Waals surface area contributed by atoms with E-state index in [9.17, 15) is 14.7 Å². The fourth-order valence-corrected chi connectivity index (χ4v) is 4.03. The predicted molar refractivity (Wildman–Crippen MR) is 128 cm³/mol. The second-order valence-electron chi connectivity index (χ2n) is 7.78. The fourth-order valence-electron chi connectivity index (χ4n) is 4.03. The molecule has 1 atom stereocenters. The lowest BCUT2D eigenvalue weighted by atomic mass is 9.95.